The Kier molecular flexibility index (Phi) is 10.6. The molecule has 1 aliphatic heterocycles. The fraction of sp³-hybridized carbons (Fsp3) is 0.308. The lowest BCUT2D eigenvalue weighted by atomic mass is 9.99. The molecule has 0 bridgehead atoms. The van der Waals surface area contributed by atoms with E-state index >= 15 is 0 Å². The fourth-order valence-electron chi connectivity index (χ4n) is 4.39. The molecule has 0 radical (unpaired) electrons. The molecule has 206 valence electrons. The molecule has 0 unspecified atom stereocenters. The maximum absolute atomic E-state index is 13.4. The average molecular weight is 580 g/mol. The van der Waals surface area contributed by atoms with Gasteiger partial charge in [-0.1, -0.05) is 36.4 Å². The number of carbonyl (C=O) groups excluding carboxylic acids is 1. The number of hydrogen-bond donors (Lipinski definition) is 0. The molecular formula is C26H25Cl2F6N3O. The lowest BCUT2D eigenvalue weighted by molar-refractivity contribution is -0.143. The van der Waals surface area contributed by atoms with Crippen LogP contribution in [-0.2, 0) is 25.3 Å². The van der Waals surface area contributed by atoms with Gasteiger partial charge in [-0.3, -0.25) is 14.7 Å². The minimum atomic E-state index is -5.03. The van der Waals surface area contributed by atoms with Gasteiger partial charge in [0.15, 0.2) is 0 Å². The van der Waals surface area contributed by atoms with Crippen molar-refractivity contribution in [2.45, 2.75) is 31.4 Å². The van der Waals surface area contributed by atoms with Crippen LogP contribution in [0.1, 0.15) is 32.6 Å². The number of piperazine rings is 1. The number of nitrogens with zero attached hydrogens (tertiary/aromatic N) is 3. The van der Waals surface area contributed by atoms with Crippen molar-refractivity contribution in [3.63, 3.8) is 0 Å². The Morgan fingerprint density at radius 3 is 2.00 bits per heavy atom. The van der Waals surface area contributed by atoms with E-state index in [1.54, 1.807) is 12.4 Å². The van der Waals surface area contributed by atoms with Gasteiger partial charge in [-0.05, 0) is 41.8 Å². The largest absolute Gasteiger partial charge is 0.416 e. The molecule has 0 saturated carbocycles. The normalized spacial score (nSPS) is 16.4. The summed E-state index contributed by atoms with van der Waals surface area (Å²) in [5, 5.41) is 0. The van der Waals surface area contributed by atoms with Gasteiger partial charge >= 0.3 is 12.4 Å². The molecule has 1 saturated heterocycles. The van der Waals surface area contributed by atoms with E-state index in [9.17, 15) is 31.1 Å². The zero-order valence-electron chi connectivity index (χ0n) is 19.9. The molecule has 1 amide bonds. The highest BCUT2D eigenvalue weighted by molar-refractivity contribution is 5.95. The zero-order valence-corrected chi connectivity index (χ0v) is 21.5. The number of alkyl halides is 6. The van der Waals surface area contributed by atoms with Gasteiger partial charge in [-0.2, -0.15) is 26.3 Å². The van der Waals surface area contributed by atoms with Crippen molar-refractivity contribution in [2.24, 2.45) is 0 Å². The Hall–Kier alpha value is -2.82. The molecule has 0 aliphatic carbocycles. The Bertz CT molecular complexity index is 1160. The van der Waals surface area contributed by atoms with Gasteiger partial charge in [0.05, 0.1) is 11.1 Å². The highest BCUT2D eigenvalue weighted by atomic mass is 35.5. The molecule has 2 aromatic carbocycles. The molecule has 0 spiro atoms. The lowest BCUT2D eigenvalue weighted by Crippen LogP contribution is -2.55. The smallest absolute Gasteiger partial charge is 0.333 e. The molecule has 4 rings (SSSR count). The summed E-state index contributed by atoms with van der Waals surface area (Å²) in [5.41, 5.74) is -1.77. The molecule has 1 fully saturated rings. The second-order valence-electron chi connectivity index (χ2n) is 8.73. The van der Waals surface area contributed by atoms with Gasteiger partial charge in [0.2, 0.25) is 0 Å². The Morgan fingerprint density at radius 2 is 1.45 bits per heavy atom. The molecular weight excluding hydrogens is 555 g/mol. The number of rotatable bonds is 5. The predicted octanol–water partition coefficient (Wildman–Crippen LogP) is 6.53. The Balaban J connectivity index is 0.00000253. The van der Waals surface area contributed by atoms with Gasteiger partial charge in [0, 0.05) is 50.2 Å². The lowest BCUT2D eigenvalue weighted by Gasteiger charge is -2.42. The quantitative estimate of drug-likeness (QED) is 0.322. The number of carbonyl (C=O) groups is 1. The fourth-order valence-corrected chi connectivity index (χ4v) is 4.39. The summed E-state index contributed by atoms with van der Waals surface area (Å²) in [7, 11) is 0. The van der Waals surface area contributed by atoms with Crippen molar-refractivity contribution < 1.29 is 31.1 Å². The third-order valence-electron chi connectivity index (χ3n) is 6.11. The maximum atomic E-state index is 13.4. The summed E-state index contributed by atoms with van der Waals surface area (Å²) in [5.74, 6) is -0.853. The number of benzene rings is 2. The highest BCUT2D eigenvalue weighted by Gasteiger charge is 2.39. The van der Waals surface area contributed by atoms with Crippen LogP contribution in [0.4, 0.5) is 26.3 Å². The summed E-state index contributed by atoms with van der Waals surface area (Å²) >= 11 is 0. The van der Waals surface area contributed by atoms with Crippen molar-refractivity contribution in [1.82, 2.24) is 14.8 Å². The summed E-state index contributed by atoms with van der Waals surface area (Å²) in [6.07, 6.45) is -6.26. The summed E-state index contributed by atoms with van der Waals surface area (Å²) in [6.45, 7) is 1.54. The Morgan fingerprint density at radius 1 is 0.842 bits per heavy atom. The highest BCUT2D eigenvalue weighted by Crippen LogP contribution is 2.37. The maximum Gasteiger partial charge on any atom is 0.416 e. The molecule has 1 atom stereocenters. The minimum absolute atomic E-state index is 0. The number of halogens is 8. The molecule has 2 heterocycles. The van der Waals surface area contributed by atoms with Gasteiger partial charge in [-0.15, -0.1) is 24.8 Å². The summed E-state index contributed by atoms with van der Waals surface area (Å²) in [4.78, 5) is 21.0. The van der Waals surface area contributed by atoms with Crippen LogP contribution in [-0.4, -0.2) is 46.4 Å². The van der Waals surface area contributed by atoms with Crippen LogP contribution in [0.5, 0.6) is 0 Å². The first-order valence-corrected chi connectivity index (χ1v) is 11.3. The molecule has 38 heavy (non-hydrogen) atoms. The summed E-state index contributed by atoms with van der Waals surface area (Å²) < 4.78 is 80.2. The van der Waals surface area contributed by atoms with Crippen LogP contribution in [0.15, 0.2) is 73.1 Å². The van der Waals surface area contributed by atoms with Crippen molar-refractivity contribution >= 4 is 30.7 Å². The first kappa shape index (κ1) is 31.4. The molecule has 12 heteroatoms. The van der Waals surface area contributed by atoms with Crippen LogP contribution in [0.3, 0.4) is 0 Å². The molecule has 1 aliphatic rings. The number of hydrogen-bond acceptors (Lipinski definition) is 3. The first-order valence-electron chi connectivity index (χ1n) is 11.3. The van der Waals surface area contributed by atoms with Gasteiger partial charge in [-0.25, -0.2) is 0 Å². The van der Waals surface area contributed by atoms with E-state index in [4.69, 9.17) is 0 Å². The van der Waals surface area contributed by atoms with Crippen LogP contribution < -0.4 is 0 Å². The topological polar surface area (TPSA) is 36.4 Å². The third kappa shape index (κ3) is 7.85. The van der Waals surface area contributed by atoms with Gasteiger partial charge in [0.25, 0.3) is 5.91 Å². The second kappa shape index (κ2) is 12.8. The van der Waals surface area contributed by atoms with Gasteiger partial charge in [0.1, 0.15) is 0 Å². The number of amides is 1. The van der Waals surface area contributed by atoms with Crippen molar-refractivity contribution in [2.75, 3.05) is 19.6 Å². The zero-order chi connectivity index (χ0) is 25.9. The molecule has 4 nitrogen and oxygen atoms in total. The Labute approximate surface area is 228 Å². The summed E-state index contributed by atoms with van der Waals surface area (Å²) in [6, 6.07) is 13.5. The third-order valence-corrected chi connectivity index (χ3v) is 6.11. The minimum Gasteiger partial charge on any atom is -0.333 e. The number of pyridine rings is 1. The van der Waals surface area contributed by atoms with Crippen LogP contribution >= 0.6 is 24.8 Å². The van der Waals surface area contributed by atoms with Gasteiger partial charge < -0.3 is 4.90 Å². The molecule has 0 N–H and O–H groups in total. The van der Waals surface area contributed by atoms with E-state index in [1.165, 1.54) is 4.90 Å². The first-order chi connectivity index (χ1) is 17.0. The standard InChI is InChI=1S/C26H23F6N3O.2ClH/c27-25(28,29)21-12-20(13-22(14-21)26(30,31)32)24(36)35-10-9-34(16-19-7-4-8-33-15-19)17-23(35)11-18-5-2-1-3-6-18;;/h1-8,12-15,23H,9-11,16-17H2;2*1H/t23-;;/m1../s1. The predicted molar refractivity (Wildman–Crippen MR) is 135 cm³/mol. The van der Waals surface area contributed by atoms with Crippen LogP contribution in [0, 0.1) is 0 Å². The number of aromatic nitrogens is 1. The SMILES string of the molecule is Cl.Cl.O=C(c1cc(C(F)(F)F)cc(C(F)(F)F)c1)N1CCN(Cc2cccnc2)C[C@H]1Cc1ccccc1. The van der Waals surface area contributed by atoms with E-state index in [1.807, 2.05) is 42.5 Å². The van der Waals surface area contributed by atoms with Crippen molar-refractivity contribution in [1.29, 1.82) is 0 Å². The molecule has 1 aromatic heterocycles. The second-order valence-corrected chi connectivity index (χ2v) is 8.73. The van der Waals surface area contributed by atoms with E-state index in [0.717, 1.165) is 11.1 Å². The van der Waals surface area contributed by atoms with Crippen molar-refractivity contribution in [3.05, 3.63) is 101 Å². The van der Waals surface area contributed by atoms with Crippen LogP contribution in [0.25, 0.3) is 0 Å². The van der Waals surface area contributed by atoms with Crippen LogP contribution in [0.2, 0.25) is 0 Å². The van der Waals surface area contributed by atoms with E-state index in [-0.39, 0.29) is 37.4 Å². The van der Waals surface area contributed by atoms with E-state index in [0.29, 0.717) is 38.2 Å². The van der Waals surface area contributed by atoms with Crippen molar-refractivity contribution in [3.8, 4) is 0 Å². The monoisotopic (exact) mass is 579 g/mol. The molecule has 3 aromatic rings. The van der Waals surface area contributed by atoms with E-state index < -0.39 is 41.0 Å². The average Bonchev–Trinajstić information content (AvgIpc) is 2.84. The van der Waals surface area contributed by atoms with E-state index in [2.05, 4.69) is 9.88 Å².